The van der Waals surface area contributed by atoms with Crippen molar-refractivity contribution in [2.24, 2.45) is 0 Å². The van der Waals surface area contributed by atoms with E-state index in [2.05, 4.69) is 68.7 Å². The van der Waals surface area contributed by atoms with Crippen LogP contribution >= 0.6 is 22.7 Å². The van der Waals surface area contributed by atoms with E-state index in [1.54, 1.807) is 22.7 Å². The van der Waals surface area contributed by atoms with Gasteiger partial charge in [-0.3, -0.25) is 0 Å². The Kier molecular flexibility index (Phi) is 7.35. The molecule has 0 aliphatic rings. The average molecular weight is 493 g/mol. The molecule has 1 aromatic carbocycles. The van der Waals surface area contributed by atoms with Crippen LogP contribution in [0.4, 0.5) is 0 Å². The number of rotatable bonds is 12. The van der Waals surface area contributed by atoms with Crippen LogP contribution in [0.3, 0.4) is 0 Å². The Bertz CT molecular complexity index is 1260. The fraction of sp³-hybridized carbons (Fsp3) is 0.462. The fourth-order valence-corrected chi connectivity index (χ4v) is 6.22. The van der Waals surface area contributed by atoms with Crippen molar-refractivity contribution in [3.63, 3.8) is 0 Å². The number of aryl methyl sites for hydroxylation is 2. The van der Waals surface area contributed by atoms with E-state index in [4.69, 9.17) is 10.2 Å². The smallest absolute Gasteiger partial charge is 0.124 e. The predicted octanol–water partition coefficient (Wildman–Crippen LogP) is 7.79. The number of benzene rings is 1. The van der Waals surface area contributed by atoms with Crippen molar-refractivity contribution in [3.05, 3.63) is 35.0 Å². The third-order valence-electron chi connectivity index (χ3n) is 6.40. The van der Waals surface area contributed by atoms with Gasteiger partial charge in [0.25, 0.3) is 0 Å². The Morgan fingerprint density at radius 1 is 0.647 bits per heavy atom. The highest BCUT2D eigenvalue weighted by Crippen LogP contribution is 2.44. The van der Waals surface area contributed by atoms with Gasteiger partial charge in [-0.15, -0.1) is 32.9 Å². The summed E-state index contributed by atoms with van der Waals surface area (Å²) in [4.78, 5) is 2.39. The minimum absolute atomic E-state index is 0.877. The van der Waals surface area contributed by atoms with E-state index in [1.165, 1.54) is 53.8 Å². The Hall–Kier alpha value is -2.58. The molecule has 0 N–H and O–H groups in total. The monoisotopic (exact) mass is 492 g/mol. The number of thiophene rings is 2. The van der Waals surface area contributed by atoms with Crippen LogP contribution in [0.15, 0.2) is 35.0 Å². The second kappa shape index (κ2) is 10.8. The van der Waals surface area contributed by atoms with Crippen molar-refractivity contribution < 1.29 is 0 Å². The number of hydrogen-bond donors (Lipinski definition) is 0. The molecule has 5 rings (SSSR count). The molecular weight excluding hydrogens is 460 g/mol. The molecule has 178 valence electrons. The van der Waals surface area contributed by atoms with Gasteiger partial charge >= 0.3 is 0 Å². The second-order valence-electron chi connectivity index (χ2n) is 8.85. The minimum atomic E-state index is 0.877. The molecule has 0 saturated heterocycles. The first kappa shape index (κ1) is 23.2. The molecule has 0 spiro atoms. The Labute approximate surface area is 208 Å². The molecule has 4 aromatic heterocycles. The molecule has 4 heterocycles. The lowest BCUT2D eigenvalue weighted by atomic mass is 10.0. The van der Waals surface area contributed by atoms with E-state index in [1.807, 2.05) is 0 Å². The summed E-state index contributed by atoms with van der Waals surface area (Å²) < 4.78 is 4.26. The molecule has 0 aliphatic heterocycles. The van der Waals surface area contributed by atoms with Crippen LogP contribution in [0, 0.1) is 0 Å². The summed E-state index contributed by atoms with van der Waals surface area (Å²) in [5.41, 5.74) is 6.36. The first-order valence-corrected chi connectivity index (χ1v) is 14.3. The number of hydrogen-bond acceptors (Lipinski definition) is 6. The van der Waals surface area contributed by atoms with Crippen LogP contribution in [0.25, 0.3) is 42.9 Å². The largest absolute Gasteiger partial charge is 0.244 e. The molecule has 0 fully saturated rings. The predicted molar refractivity (Wildman–Crippen MR) is 144 cm³/mol. The SMILES string of the molecule is CCCCCCn1nnc2c(-c3cccs3)c3nnn(CCCCCC)c3c(-c3cccs3)c21. The molecule has 0 aliphatic carbocycles. The lowest BCUT2D eigenvalue weighted by molar-refractivity contribution is 0.537. The van der Waals surface area contributed by atoms with Gasteiger partial charge < -0.3 is 0 Å². The Morgan fingerprint density at radius 2 is 1.15 bits per heavy atom. The van der Waals surface area contributed by atoms with Crippen LogP contribution in [0.2, 0.25) is 0 Å². The van der Waals surface area contributed by atoms with Crippen molar-refractivity contribution in [1.82, 2.24) is 30.0 Å². The summed E-state index contributed by atoms with van der Waals surface area (Å²) in [6.45, 7) is 6.25. The van der Waals surface area contributed by atoms with Crippen molar-refractivity contribution in [2.75, 3.05) is 0 Å². The van der Waals surface area contributed by atoms with E-state index in [9.17, 15) is 0 Å². The third-order valence-corrected chi connectivity index (χ3v) is 8.17. The Balaban J connectivity index is 1.74. The molecule has 8 heteroatoms. The zero-order valence-electron chi connectivity index (χ0n) is 20.0. The standard InChI is InChI=1S/C26H32N6S2/c1-3-5-7-9-15-31-25-22(20-14-12-18-34-20)26-24(28-30-32(26)16-10-8-6-4-2)21(23(25)27-29-31)19-13-11-17-33-19/h11-14,17-18H,3-10,15-16H2,1-2H3. The lowest BCUT2D eigenvalue weighted by Crippen LogP contribution is -2.04. The van der Waals surface area contributed by atoms with Gasteiger partial charge in [0.1, 0.15) is 22.1 Å². The first-order valence-electron chi connectivity index (χ1n) is 12.5. The topological polar surface area (TPSA) is 61.4 Å². The van der Waals surface area contributed by atoms with Crippen LogP contribution in [0.1, 0.15) is 65.2 Å². The van der Waals surface area contributed by atoms with Crippen LogP contribution < -0.4 is 0 Å². The highest BCUT2D eigenvalue weighted by atomic mass is 32.1. The van der Waals surface area contributed by atoms with E-state index >= 15 is 0 Å². The molecular formula is C26H32N6S2. The van der Waals surface area contributed by atoms with Crippen LogP contribution in [-0.2, 0) is 13.1 Å². The van der Waals surface area contributed by atoms with Gasteiger partial charge in [0.05, 0.1) is 5.56 Å². The zero-order valence-corrected chi connectivity index (χ0v) is 21.7. The molecule has 34 heavy (non-hydrogen) atoms. The second-order valence-corrected chi connectivity index (χ2v) is 10.7. The maximum absolute atomic E-state index is 4.74. The summed E-state index contributed by atoms with van der Waals surface area (Å²) in [6.07, 6.45) is 9.60. The summed E-state index contributed by atoms with van der Waals surface area (Å²) in [5, 5.41) is 23.1. The van der Waals surface area contributed by atoms with Gasteiger partial charge in [-0.2, -0.15) is 0 Å². The number of fused-ring (bicyclic) bond motifs is 2. The lowest BCUT2D eigenvalue weighted by Gasteiger charge is -2.12. The Morgan fingerprint density at radius 3 is 1.59 bits per heavy atom. The maximum atomic E-state index is 4.74. The van der Waals surface area contributed by atoms with E-state index in [0.29, 0.717) is 0 Å². The maximum Gasteiger partial charge on any atom is 0.124 e. The third kappa shape index (κ3) is 4.41. The zero-order chi connectivity index (χ0) is 23.3. The van der Waals surface area contributed by atoms with Crippen LogP contribution in [-0.4, -0.2) is 30.0 Å². The van der Waals surface area contributed by atoms with Crippen molar-refractivity contribution >= 4 is 44.7 Å². The first-order chi connectivity index (χ1) is 16.8. The number of unbranched alkanes of at least 4 members (excludes halogenated alkanes) is 6. The van der Waals surface area contributed by atoms with E-state index in [0.717, 1.165) is 53.6 Å². The highest BCUT2D eigenvalue weighted by Gasteiger charge is 2.26. The number of aromatic nitrogens is 6. The van der Waals surface area contributed by atoms with Gasteiger partial charge in [-0.05, 0) is 35.7 Å². The molecule has 5 aromatic rings. The van der Waals surface area contributed by atoms with Gasteiger partial charge in [0, 0.05) is 28.4 Å². The highest BCUT2D eigenvalue weighted by molar-refractivity contribution is 7.14. The molecule has 0 saturated carbocycles. The minimum Gasteiger partial charge on any atom is -0.244 e. The average Bonchev–Trinajstić information content (AvgIpc) is 3.66. The van der Waals surface area contributed by atoms with Gasteiger partial charge in [-0.25, -0.2) is 9.36 Å². The molecule has 0 amide bonds. The fourth-order valence-electron chi connectivity index (χ4n) is 4.68. The van der Waals surface area contributed by atoms with Crippen molar-refractivity contribution in [3.8, 4) is 20.9 Å². The summed E-state index contributed by atoms with van der Waals surface area (Å²) >= 11 is 3.49. The van der Waals surface area contributed by atoms with Crippen molar-refractivity contribution in [2.45, 2.75) is 78.3 Å². The molecule has 0 radical (unpaired) electrons. The van der Waals surface area contributed by atoms with Gasteiger partial charge in [0.15, 0.2) is 0 Å². The van der Waals surface area contributed by atoms with E-state index in [-0.39, 0.29) is 0 Å². The molecule has 0 atom stereocenters. The van der Waals surface area contributed by atoms with Crippen molar-refractivity contribution in [1.29, 1.82) is 0 Å². The number of nitrogens with zero attached hydrogens (tertiary/aromatic N) is 6. The normalized spacial score (nSPS) is 11.8. The molecule has 0 bridgehead atoms. The van der Waals surface area contributed by atoms with Crippen LogP contribution in [0.5, 0.6) is 0 Å². The molecule has 0 unspecified atom stereocenters. The van der Waals surface area contributed by atoms with E-state index < -0.39 is 0 Å². The van der Waals surface area contributed by atoms with Gasteiger partial charge in [-0.1, -0.05) is 74.9 Å². The quantitative estimate of drug-likeness (QED) is 0.167. The molecule has 6 nitrogen and oxygen atoms in total. The van der Waals surface area contributed by atoms with Gasteiger partial charge in [0.2, 0.25) is 0 Å². The summed E-state index contributed by atoms with van der Waals surface area (Å²) in [6, 6.07) is 8.57. The summed E-state index contributed by atoms with van der Waals surface area (Å²) in [7, 11) is 0. The summed E-state index contributed by atoms with van der Waals surface area (Å²) in [5.74, 6) is 0.